The Hall–Kier alpha value is -4.38. The van der Waals surface area contributed by atoms with Gasteiger partial charge in [-0.15, -0.1) is 0 Å². The van der Waals surface area contributed by atoms with Crippen LogP contribution in [0.1, 0.15) is 32.4 Å². The summed E-state index contributed by atoms with van der Waals surface area (Å²) in [6.07, 6.45) is 0. The third-order valence-electron chi connectivity index (χ3n) is 5.12. The highest BCUT2D eigenvalue weighted by Crippen LogP contribution is 2.27. The van der Waals surface area contributed by atoms with Crippen molar-refractivity contribution in [2.75, 3.05) is 12.4 Å². The molecule has 2 amide bonds. The largest absolute Gasteiger partial charge is 0.463 e. The average Bonchev–Trinajstić information content (AvgIpc) is 3.45. The van der Waals surface area contributed by atoms with Crippen LogP contribution in [-0.2, 0) is 16.1 Å². The topological polar surface area (TPSA) is 115 Å². The van der Waals surface area contributed by atoms with Crippen LogP contribution in [0, 0.1) is 12.7 Å². The normalized spacial score (nSPS) is 12.3. The highest BCUT2D eigenvalue weighted by Gasteiger charge is 2.31. The van der Waals surface area contributed by atoms with Crippen molar-refractivity contribution in [1.82, 2.24) is 19.2 Å². The van der Waals surface area contributed by atoms with Gasteiger partial charge in [-0.05, 0) is 36.7 Å². The molecule has 0 radical (unpaired) electrons. The molecule has 0 spiro atoms. The van der Waals surface area contributed by atoms with E-state index >= 15 is 0 Å². The van der Waals surface area contributed by atoms with Crippen LogP contribution < -0.4 is 10.6 Å². The van der Waals surface area contributed by atoms with Crippen LogP contribution in [0.5, 0.6) is 0 Å². The van der Waals surface area contributed by atoms with E-state index in [2.05, 4.69) is 26.6 Å². The van der Waals surface area contributed by atoms with E-state index in [1.54, 1.807) is 18.2 Å². The van der Waals surface area contributed by atoms with Gasteiger partial charge in [0.25, 0.3) is 11.8 Å². The van der Waals surface area contributed by atoms with E-state index in [0.29, 0.717) is 5.69 Å². The highest BCUT2D eigenvalue weighted by molar-refractivity contribution is 7.13. The van der Waals surface area contributed by atoms with Gasteiger partial charge in [0.1, 0.15) is 17.2 Å². The Kier molecular flexibility index (Phi) is 6.69. The molecule has 5 rings (SSSR count). The summed E-state index contributed by atoms with van der Waals surface area (Å²) >= 11 is 1.21. The van der Waals surface area contributed by atoms with E-state index in [0.717, 1.165) is 15.6 Å². The first-order chi connectivity index (χ1) is 16.8. The molecule has 178 valence electrons. The molecule has 35 heavy (non-hydrogen) atoms. The van der Waals surface area contributed by atoms with E-state index < -0.39 is 17.8 Å². The number of esters is 1. The summed E-state index contributed by atoms with van der Waals surface area (Å²) in [5.74, 6) is -1.81. The predicted molar refractivity (Wildman–Crippen MR) is 129 cm³/mol. The molecule has 1 aliphatic rings. The van der Waals surface area contributed by atoms with Crippen molar-refractivity contribution in [3.05, 3.63) is 83.7 Å². The lowest BCUT2D eigenvalue weighted by Gasteiger charge is -2.19. The van der Waals surface area contributed by atoms with Gasteiger partial charge in [-0.25, -0.2) is 14.2 Å². The molecule has 2 aromatic carbocycles. The molecular formula is C24H20FN5O4S. The van der Waals surface area contributed by atoms with Crippen LogP contribution in [-0.4, -0.2) is 38.8 Å². The van der Waals surface area contributed by atoms with Crippen molar-refractivity contribution in [2.45, 2.75) is 13.5 Å². The number of amides is 2. The van der Waals surface area contributed by atoms with Crippen LogP contribution in [0.3, 0.4) is 0 Å². The minimum Gasteiger partial charge on any atom is -0.463 e. The molecular weight excluding hydrogens is 473 g/mol. The molecule has 3 heterocycles. The first-order valence-corrected chi connectivity index (χ1v) is 11.1. The van der Waals surface area contributed by atoms with Gasteiger partial charge in [0.2, 0.25) is 5.82 Å². The quantitative estimate of drug-likeness (QED) is 0.332. The molecule has 4 aromatic rings. The summed E-state index contributed by atoms with van der Waals surface area (Å²) in [5.41, 5.74) is 1.79. The van der Waals surface area contributed by atoms with Gasteiger partial charge >= 0.3 is 5.97 Å². The number of benzene rings is 2. The second kappa shape index (κ2) is 9.85. The van der Waals surface area contributed by atoms with Gasteiger partial charge in [0, 0.05) is 5.39 Å². The number of nitrogens with zero attached hydrogens (tertiary/aromatic N) is 3. The van der Waals surface area contributed by atoms with E-state index in [9.17, 15) is 18.8 Å². The van der Waals surface area contributed by atoms with Crippen LogP contribution >= 0.6 is 11.5 Å². The number of ether oxygens (including phenoxy) is 1. The number of imidazole rings is 1. The Morgan fingerprint density at radius 3 is 2.60 bits per heavy atom. The zero-order chi connectivity index (χ0) is 25.1. The second-order valence-corrected chi connectivity index (χ2v) is 8.27. The van der Waals surface area contributed by atoms with Crippen molar-refractivity contribution >= 4 is 50.9 Å². The second-order valence-electron chi connectivity index (χ2n) is 7.46. The van der Waals surface area contributed by atoms with Crippen LogP contribution in [0.15, 0.2) is 55.1 Å². The van der Waals surface area contributed by atoms with Crippen molar-refractivity contribution < 1.29 is 23.5 Å². The lowest BCUT2D eigenvalue weighted by atomic mass is 10.2. The average molecular weight is 494 g/mol. The molecule has 0 bridgehead atoms. The Balaban J connectivity index is 0.000000308. The van der Waals surface area contributed by atoms with Gasteiger partial charge < -0.3 is 15.4 Å². The molecule has 2 aromatic heterocycles. The first-order valence-electron chi connectivity index (χ1n) is 10.4. The number of aromatic nitrogens is 3. The third kappa shape index (κ3) is 4.80. The van der Waals surface area contributed by atoms with Crippen molar-refractivity contribution in [3.63, 3.8) is 0 Å². The summed E-state index contributed by atoms with van der Waals surface area (Å²) in [6, 6.07) is 13.8. The molecule has 9 nitrogen and oxygen atoms in total. The molecule has 11 heteroatoms. The summed E-state index contributed by atoms with van der Waals surface area (Å²) in [5, 5.41) is 6.01. The fourth-order valence-corrected chi connectivity index (χ4v) is 4.13. The minimum atomic E-state index is -0.744. The Morgan fingerprint density at radius 1 is 1.20 bits per heavy atom. The fraction of sp³-hybridized carbons (Fsp3) is 0.125. The van der Waals surface area contributed by atoms with Gasteiger partial charge in [-0.1, -0.05) is 42.5 Å². The zero-order valence-electron chi connectivity index (χ0n) is 18.8. The number of carbonyl (C=O) groups excluding carboxylic acids is 3. The smallest absolute Gasteiger partial charge is 0.374 e. The highest BCUT2D eigenvalue weighted by atomic mass is 32.1. The number of anilines is 1. The Labute approximate surface area is 203 Å². The van der Waals surface area contributed by atoms with Crippen molar-refractivity contribution in [1.29, 1.82) is 0 Å². The summed E-state index contributed by atoms with van der Waals surface area (Å²) in [6.45, 7) is 5.69. The fourth-order valence-electron chi connectivity index (χ4n) is 3.35. The molecule has 2 N–H and O–H groups in total. The number of rotatable bonds is 3. The van der Waals surface area contributed by atoms with E-state index in [-0.39, 0.29) is 35.4 Å². The van der Waals surface area contributed by atoms with Gasteiger partial charge in [-0.3, -0.25) is 14.2 Å². The minimum absolute atomic E-state index is 0.0174. The summed E-state index contributed by atoms with van der Waals surface area (Å²) in [4.78, 5) is 40.8. The standard InChI is InChI=1S/C17H13N5O4S.C7H7F/c1-8-15(23)18-7-10-13(19-14(22(8)10)17(25)26-2)20-16(24)12-9-5-3-4-6-11(9)27-21-12;1-6-2-4-7(8)5-3-6/h3-6H,1,7H2,2H3,(H,18,23)(H,20,24);2-5H,1H3. The van der Waals surface area contributed by atoms with Gasteiger partial charge in [-0.2, -0.15) is 4.37 Å². The van der Waals surface area contributed by atoms with E-state index in [4.69, 9.17) is 4.74 Å². The van der Waals surface area contributed by atoms with Gasteiger partial charge in [0.05, 0.1) is 24.0 Å². The van der Waals surface area contributed by atoms with Crippen LogP contribution in [0.2, 0.25) is 0 Å². The van der Waals surface area contributed by atoms with Crippen LogP contribution in [0.25, 0.3) is 15.8 Å². The number of carbonyl (C=O) groups is 3. The molecule has 0 saturated heterocycles. The summed E-state index contributed by atoms with van der Waals surface area (Å²) in [7, 11) is 1.20. The monoisotopic (exact) mass is 493 g/mol. The molecule has 0 unspecified atom stereocenters. The van der Waals surface area contributed by atoms with Crippen molar-refractivity contribution in [3.8, 4) is 0 Å². The molecule has 0 atom stereocenters. The van der Waals surface area contributed by atoms with E-state index in [1.165, 1.54) is 35.3 Å². The number of halogens is 1. The predicted octanol–water partition coefficient (Wildman–Crippen LogP) is 3.77. The Bertz CT molecular complexity index is 1440. The number of methoxy groups -OCH3 is 1. The Morgan fingerprint density at radius 2 is 1.91 bits per heavy atom. The third-order valence-corrected chi connectivity index (χ3v) is 5.95. The molecule has 0 saturated carbocycles. The van der Waals surface area contributed by atoms with Crippen LogP contribution in [0.4, 0.5) is 10.2 Å². The molecule has 0 fully saturated rings. The maximum atomic E-state index is 12.7. The number of hydrogen-bond donors (Lipinski definition) is 2. The summed E-state index contributed by atoms with van der Waals surface area (Å²) < 4.78 is 23.2. The SMILES string of the molecule is C=C1C(=O)NCc2c(NC(=O)c3nsc4ccccc34)nc(C(=O)OC)n21.Cc1ccc(F)cc1. The number of nitrogens with one attached hydrogen (secondary N) is 2. The first kappa shape index (κ1) is 23.8. The van der Waals surface area contributed by atoms with Gasteiger partial charge in [0.15, 0.2) is 5.82 Å². The lowest BCUT2D eigenvalue weighted by molar-refractivity contribution is -0.116. The maximum Gasteiger partial charge on any atom is 0.374 e. The maximum absolute atomic E-state index is 12.7. The number of hydrogen-bond acceptors (Lipinski definition) is 7. The molecule has 0 aliphatic carbocycles. The number of fused-ring (bicyclic) bond motifs is 2. The van der Waals surface area contributed by atoms with Crippen molar-refractivity contribution in [2.24, 2.45) is 0 Å². The van der Waals surface area contributed by atoms with E-state index in [1.807, 2.05) is 25.1 Å². The zero-order valence-corrected chi connectivity index (χ0v) is 19.6. The number of aryl methyl sites for hydroxylation is 1. The lowest BCUT2D eigenvalue weighted by Crippen LogP contribution is -2.34. The molecule has 1 aliphatic heterocycles.